The predicted molar refractivity (Wildman–Crippen MR) is 31.7 cm³/mol. The molecule has 48 valence electrons. The van der Waals surface area contributed by atoms with Crippen LogP contribution in [0.4, 0.5) is 0 Å². The molecule has 0 aromatic carbocycles. The van der Waals surface area contributed by atoms with Gasteiger partial charge in [-0.15, -0.1) is 0 Å². The molecule has 0 atom stereocenters. The summed E-state index contributed by atoms with van der Waals surface area (Å²) in [5.74, 6) is 0. The minimum absolute atomic E-state index is 1.25. The van der Waals surface area contributed by atoms with Crippen LogP contribution >= 0.6 is 0 Å². The van der Waals surface area contributed by atoms with Crippen LogP contribution in [-0.2, 0) is 9.59 Å². The lowest BCUT2D eigenvalue weighted by Crippen LogP contribution is -2.29. The zero-order valence-electron chi connectivity index (χ0n) is 4.85. The average Bonchev–Trinajstić information content (AvgIpc) is 1.72. The van der Waals surface area contributed by atoms with Gasteiger partial charge in [-0.3, -0.25) is 0 Å². The number of nitrogens with one attached hydrogen (secondary N) is 1. The molecule has 1 N–H and O–H groups in total. The molecule has 0 saturated carbocycles. The second-order valence-electron chi connectivity index (χ2n) is 1.10. The Morgan fingerprint density at radius 3 is 1.12 bits per heavy atom. The van der Waals surface area contributed by atoms with Crippen LogP contribution in [-0.4, -0.2) is 26.7 Å². The minimum atomic E-state index is 1.25. The van der Waals surface area contributed by atoms with Crippen molar-refractivity contribution >= 4 is 13.6 Å². The van der Waals surface area contributed by atoms with Crippen molar-refractivity contribution in [1.82, 2.24) is 5.32 Å². The number of hydrogen-bond donors (Lipinski definition) is 1. The summed E-state index contributed by atoms with van der Waals surface area (Å²) in [6, 6.07) is 0. The van der Waals surface area contributed by atoms with Crippen molar-refractivity contribution in [3.8, 4) is 0 Å². The normalized spacial score (nSPS) is 13.0. The molecule has 1 fully saturated rings. The highest BCUT2D eigenvalue weighted by atomic mass is 16.1. The quantitative estimate of drug-likeness (QED) is 0.470. The molecule has 0 aromatic heterocycles. The lowest BCUT2D eigenvalue weighted by atomic mass is 10.3. The van der Waals surface area contributed by atoms with Crippen molar-refractivity contribution in [2.75, 3.05) is 13.1 Å². The van der Waals surface area contributed by atoms with E-state index in [1.807, 2.05) is 13.6 Å². The Hall–Kier alpha value is -0.700. The molecule has 0 aromatic rings. The minimum Gasteiger partial charge on any atom is -0.317 e. The Bertz CT molecular complexity index is 31.4. The fourth-order valence-corrected chi connectivity index (χ4v) is 0.177. The second kappa shape index (κ2) is 16.3. The molecule has 1 aliphatic rings. The van der Waals surface area contributed by atoms with Crippen molar-refractivity contribution < 1.29 is 9.59 Å². The lowest BCUT2D eigenvalue weighted by Gasteiger charge is -2.09. The first-order valence-electron chi connectivity index (χ1n) is 2.28. The SMILES string of the molecule is C1CNC1.C=O.C=O. The van der Waals surface area contributed by atoms with E-state index in [1.165, 1.54) is 19.5 Å². The van der Waals surface area contributed by atoms with Gasteiger partial charge in [0.2, 0.25) is 0 Å². The summed E-state index contributed by atoms with van der Waals surface area (Å²) in [7, 11) is 0. The summed E-state index contributed by atoms with van der Waals surface area (Å²) in [6.45, 7) is 6.50. The number of rotatable bonds is 0. The molecular weight excluding hydrogens is 106 g/mol. The van der Waals surface area contributed by atoms with Crippen molar-refractivity contribution in [2.24, 2.45) is 0 Å². The first-order valence-corrected chi connectivity index (χ1v) is 2.28. The molecule has 0 amide bonds. The molecule has 1 heterocycles. The highest BCUT2D eigenvalue weighted by molar-refractivity contribution is 5.11. The summed E-state index contributed by atoms with van der Waals surface area (Å²) in [6.07, 6.45) is 1.39. The van der Waals surface area contributed by atoms with Gasteiger partial charge in [-0.05, 0) is 19.5 Å². The highest BCUT2D eigenvalue weighted by Crippen LogP contribution is 1.80. The fourth-order valence-electron chi connectivity index (χ4n) is 0.177. The van der Waals surface area contributed by atoms with Crippen LogP contribution in [0.2, 0.25) is 0 Å². The molecule has 0 unspecified atom stereocenters. The van der Waals surface area contributed by atoms with E-state index in [9.17, 15) is 0 Å². The molecule has 3 heteroatoms. The molecule has 1 aliphatic heterocycles. The van der Waals surface area contributed by atoms with E-state index < -0.39 is 0 Å². The third-order valence-electron chi connectivity index (χ3n) is 0.707. The van der Waals surface area contributed by atoms with Crippen LogP contribution in [0.5, 0.6) is 0 Å². The summed E-state index contributed by atoms with van der Waals surface area (Å²) in [4.78, 5) is 16.0. The van der Waals surface area contributed by atoms with E-state index >= 15 is 0 Å². The van der Waals surface area contributed by atoms with Crippen LogP contribution < -0.4 is 5.32 Å². The Balaban J connectivity index is 0. The van der Waals surface area contributed by atoms with Crippen LogP contribution in [0.3, 0.4) is 0 Å². The van der Waals surface area contributed by atoms with Gasteiger partial charge in [-0.1, -0.05) is 0 Å². The van der Waals surface area contributed by atoms with Crippen LogP contribution in [0.15, 0.2) is 0 Å². The van der Waals surface area contributed by atoms with Crippen molar-refractivity contribution in [2.45, 2.75) is 6.42 Å². The smallest absolute Gasteiger partial charge is 0.106 e. The second-order valence-corrected chi connectivity index (χ2v) is 1.10. The summed E-state index contributed by atoms with van der Waals surface area (Å²) < 4.78 is 0. The van der Waals surface area contributed by atoms with Gasteiger partial charge in [0, 0.05) is 0 Å². The molecule has 0 spiro atoms. The van der Waals surface area contributed by atoms with Gasteiger partial charge < -0.3 is 14.9 Å². The monoisotopic (exact) mass is 117 g/mol. The third kappa shape index (κ3) is 9.00. The Morgan fingerprint density at radius 1 is 1.00 bits per heavy atom. The number of carbonyl (C=O) groups excluding carboxylic acids is 2. The average molecular weight is 117 g/mol. The van der Waals surface area contributed by atoms with E-state index in [2.05, 4.69) is 5.32 Å². The van der Waals surface area contributed by atoms with Gasteiger partial charge in [0.05, 0.1) is 0 Å². The molecule has 0 bridgehead atoms. The van der Waals surface area contributed by atoms with Crippen LogP contribution in [0, 0.1) is 0 Å². The zero-order valence-corrected chi connectivity index (χ0v) is 4.85. The molecule has 3 nitrogen and oxygen atoms in total. The Kier molecular flexibility index (Phi) is 21.0. The van der Waals surface area contributed by atoms with E-state index in [4.69, 9.17) is 9.59 Å². The maximum Gasteiger partial charge on any atom is 0.106 e. The number of carbonyl (C=O) groups is 2. The summed E-state index contributed by atoms with van der Waals surface area (Å²) in [5, 5.41) is 3.11. The molecule has 8 heavy (non-hydrogen) atoms. The molecule has 0 radical (unpaired) electrons. The first-order chi connectivity index (χ1) is 4.00. The van der Waals surface area contributed by atoms with Gasteiger partial charge in [0.15, 0.2) is 0 Å². The number of hydrogen-bond acceptors (Lipinski definition) is 3. The standard InChI is InChI=1S/C3H7N.2CH2O/c1-2-4-3-1;2*1-2/h4H,1-3H2;2*1H2. The van der Waals surface area contributed by atoms with Crippen LogP contribution in [0.1, 0.15) is 6.42 Å². The topological polar surface area (TPSA) is 46.2 Å². The van der Waals surface area contributed by atoms with Gasteiger partial charge in [0.1, 0.15) is 13.6 Å². The maximum absolute atomic E-state index is 8.00. The Morgan fingerprint density at radius 2 is 1.12 bits per heavy atom. The molecule has 1 rings (SSSR count). The summed E-state index contributed by atoms with van der Waals surface area (Å²) in [5.41, 5.74) is 0. The predicted octanol–water partition coefficient (Wildman–Crippen LogP) is -0.390. The van der Waals surface area contributed by atoms with Gasteiger partial charge in [-0.25, -0.2) is 0 Å². The van der Waals surface area contributed by atoms with E-state index in [1.54, 1.807) is 0 Å². The third-order valence-corrected chi connectivity index (χ3v) is 0.707. The van der Waals surface area contributed by atoms with Gasteiger partial charge in [0.25, 0.3) is 0 Å². The van der Waals surface area contributed by atoms with E-state index in [0.717, 1.165) is 0 Å². The Labute approximate surface area is 49.1 Å². The summed E-state index contributed by atoms with van der Waals surface area (Å²) >= 11 is 0. The maximum atomic E-state index is 8.00. The lowest BCUT2D eigenvalue weighted by molar-refractivity contribution is -0.0987. The largest absolute Gasteiger partial charge is 0.317 e. The van der Waals surface area contributed by atoms with Crippen molar-refractivity contribution in [3.63, 3.8) is 0 Å². The zero-order chi connectivity index (χ0) is 6.83. The van der Waals surface area contributed by atoms with E-state index in [-0.39, 0.29) is 0 Å². The fraction of sp³-hybridized carbons (Fsp3) is 0.600. The first kappa shape index (κ1) is 10.3. The van der Waals surface area contributed by atoms with Gasteiger partial charge >= 0.3 is 0 Å². The highest BCUT2D eigenvalue weighted by Gasteiger charge is 1.92. The van der Waals surface area contributed by atoms with Gasteiger partial charge in [-0.2, -0.15) is 0 Å². The van der Waals surface area contributed by atoms with Crippen molar-refractivity contribution in [1.29, 1.82) is 0 Å². The molecular formula is C5H11NO2. The van der Waals surface area contributed by atoms with Crippen molar-refractivity contribution in [3.05, 3.63) is 0 Å². The molecule has 1 saturated heterocycles. The molecule has 0 aliphatic carbocycles. The van der Waals surface area contributed by atoms with E-state index in [0.29, 0.717) is 0 Å². The van der Waals surface area contributed by atoms with Crippen LogP contribution in [0.25, 0.3) is 0 Å².